The van der Waals surface area contributed by atoms with Crippen LogP contribution in [-0.2, 0) is 6.42 Å². The van der Waals surface area contributed by atoms with Crippen LogP contribution < -0.4 is 4.74 Å². The molecule has 2 aromatic heterocycles. The van der Waals surface area contributed by atoms with Crippen LogP contribution in [0.2, 0.25) is 0 Å². The number of aromatic amines is 1. The summed E-state index contributed by atoms with van der Waals surface area (Å²) >= 11 is 0. The normalized spacial score (nSPS) is 15.4. The van der Waals surface area contributed by atoms with E-state index < -0.39 is 0 Å². The molecular formula is C29H36N4O. The fourth-order valence-electron chi connectivity index (χ4n) is 4.80. The number of hydrogen-bond acceptors (Lipinski definition) is 4. The molecular weight excluding hydrogens is 420 g/mol. The number of piperazine rings is 1. The van der Waals surface area contributed by atoms with Crippen molar-refractivity contribution < 1.29 is 4.74 Å². The summed E-state index contributed by atoms with van der Waals surface area (Å²) in [4.78, 5) is 13.3. The minimum Gasteiger partial charge on any atom is -0.492 e. The van der Waals surface area contributed by atoms with Crippen LogP contribution in [-0.4, -0.2) is 66.1 Å². The van der Waals surface area contributed by atoms with Crippen molar-refractivity contribution >= 4 is 21.9 Å². The molecule has 1 aliphatic heterocycles. The van der Waals surface area contributed by atoms with Crippen LogP contribution in [0.5, 0.6) is 5.75 Å². The molecule has 4 aromatic rings. The first kappa shape index (κ1) is 22.9. The fraction of sp³-hybridized carbons (Fsp3) is 0.414. The number of H-pyrrole nitrogens is 1. The maximum Gasteiger partial charge on any atom is 0.138 e. The van der Waals surface area contributed by atoms with Crippen LogP contribution in [0.25, 0.3) is 33.1 Å². The first-order chi connectivity index (χ1) is 16.7. The van der Waals surface area contributed by atoms with Crippen molar-refractivity contribution in [3.05, 3.63) is 60.3 Å². The van der Waals surface area contributed by atoms with E-state index in [9.17, 15) is 0 Å². The van der Waals surface area contributed by atoms with Gasteiger partial charge in [0.15, 0.2) is 0 Å². The van der Waals surface area contributed by atoms with Gasteiger partial charge in [0.05, 0.1) is 0 Å². The van der Waals surface area contributed by atoms with Gasteiger partial charge in [-0.25, -0.2) is 4.98 Å². The van der Waals surface area contributed by atoms with Crippen LogP contribution in [0.3, 0.4) is 0 Å². The Bertz CT molecular complexity index is 1220. The highest BCUT2D eigenvalue weighted by Gasteiger charge is 2.13. The van der Waals surface area contributed by atoms with Crippen LogP contribution in [0.1, 0.15) is 31.9 Å². The summed E-state index contributed by atoms with van der Waals surface area (Å²) < 4.78 is 6.02. The summed E-state index contributed by atoms with van der Waals surface area (Å²) in [6.07, 6.45) is 4.75. The third-order valence-electron chi connectivity index (χ3n) is 7.01. The largest absolute Gasteiger partial charge is 0.492 e. The Hall–Kier alpha value is -2.89. The van der Waals surface area contributed by atoms with Gasteiger partial charge in [0.1, 0.15) is 18.0 Å². The number of aromatic nitrogens is 2. The first-order valence-electron chi connectivity index (χ1n) is 12.7. The number of rotatable bonds is 9. The SMILES string of the molecule is CCCCCc1ccc2c(n1)[nH]c1ccc(-c3ccc(OCCN4CCN(C)CC4)cc3)cc12. The van der Waals surface area contributed by atoms with Crippen molar-refractivity contribution in [1.82, 2.24) is 19.8 Å². The third-order valence-corrected chi connectivity index (χ3v) is 7.01. The molecule has 34 heavy (non-hydrogen) atoms. The van der Waals surface area contributed by atoms with Gasteiger partial charge in [-0.2, -0.15) is 0 Å². The van der Waals surface area contributed by atoms with E-state index in [4.69, 9.17) is 9.72 Å². The van der Waals surface area contributed by atoms with Gasteiger partial charge in [0.2, 0.25) is 0 Å². The van der Waals surface area contributed by atoms with E-state index >= 15 is 0 Å². The maximum atomic E-state index is 6.02. The van der Waals surface area contributed by atoms with Crippen molar-refractivity contribution in [3.8, 4) is 16.9 Å². The molecule has 0 spiro atoms. The number of likely N-dealkylation sites (N-methyl/N-ethyl adjacent to an activating group) is 1. The van der Waals surface area contributed by atoms with E-state index in [0.717, 1.165) is 62.7 Å². The predicted octanol–water partition coefficient (Wildman–Crippen LogP) is 5.74. The standard InChI is InChI=1S/C29H36N4O/c1-3-4-5-6-24-10-13-26-27-21-23(9-14-28(27)31-29(26)30-24)22-7-11-25(12-8-22)34-20-19-33-17-15-32(2)16-18-33/h7-14,21H,3-6,15-20H2,1-2H3,(H,30,31). The highest BCUT2D eigenvalue weighted by atomic mass is 16.5. The number of ether oxygens (including phenoxy) is 1. The summed E-state index contributed by atoms with van der Waals surface area (Å²) in [5.74, 6) is 0.936. The molecule has 1 aliphatic rings. The van der Waals surface area contributed by atoms with Crippen molar-refractivity contribution in [2.24, 2.45) is 0 Å². The van der Waals surface area contributed by atoms with Crippen LogP contribution in [0, 0.1) is 0 Å². The van der Waals surface area contributed by atoms with Crippen molar-refractivity contribution in [2.75, 3.05) is 46.4 Å². The molecule has 0 unspecified atom stereocenters. The zero-order valence-electron chi connectivity index (χ0n) is 20.5. The number of hydrogen-bond donors (Lipinski definition) is 1. The van der Waals surface area contributed by atoms with E-state index in [-0.39, 0.29) is 0 Å². The Balaban J connectivity index is 1.25. The molecule has 0 amide bonds. The molecule has 2 aromatic carbocycles. The third kappa shape index (κ3) is 5.26. The number of unbranched alkanes of at least 4 members (excludes halogenated alkanes) is 2. The average Bonchev–Trinajstić information content (AvgIpc) is 3.23. The predicted molar refractivity (Wildman–Crippen MR) is 142 cm³/mol. The molecule has 5 heteroatoms. The molecule has 1 saturated heterocycles. The molecule has 178 valence electrons. The lowest BCUT2D eigenvalue weighted by Crippen LogP contribution is -2.45. The van der Waals surface area contributed by atoms with Crippen LogP contribution >= 0.6 is 0 Å². The van der Waals surface area contributed by atoms with E-state index in [1.54, 1.807) is 0 Å². The summed E-state index contributed by atoms with van der Waals surface area (Å²) in [6.45, 7) is 8.51. The van der Waals surface area contributed by atoms with E-state index in [1.165, 1.54) is 46.9 Å². The Morgan fingerprint density at radius 1 is 0.882 bits per heavy atom. The molecule has 3 heterocycles. The second kappa shape index (κ2) is 10.6. The monoisotopic (exact) mass is 456 g/mol. The number of nitrogens with one attached hydrogen (secondary N) is 1. The van der Waals surface area contributed by atoms with Crippen molar-refractivity contribution in [3.63, 3.8) is 0 Å². The number of benzene rings is 2. The van der Waals surface area contributed by atoms with Gasteiger partial charge < -0.3 is 14.6 Å². The lowest BCUT2D eigenvalue weighted by molar-refractivity contribution is 0.134. The second-order valence-electron chi connectivity index (χ2n) is 9.56. The molecule has 0 atom stereocenters. The van der Waals surface area contributed by atoms with Gasteiger partial charge in [-0.1, -0.05) is 38.0 Å². The second-order valence-corrected chi connectivity index (χ2v) is 9.56. The number of pyridine rings is 1. The fourth-order valence-corrected chi connectivity index (χ4v) is 4.80. The van der Waals surface area contributed by atoms with Gasteiger partial charge >= 0.3 is 0 Å². The van der Waals surface area contributed by atoms with E-state index in [0.29, 0.717) is 0 Å². The van der Waals surface area contributed by atoms with Crippen molar-refractivity contribution in [1.29, 1.82) is 0 Å². The highest BCUT2D eigenvalue weighted by molar-refractivity contribution is 6.07. The molecule has 5 nitrogen and oxygen atoms in total. The van der Waals surface area contributed by atoms with Gasteiger partial charge in [-0.05, 0) is 67.4 Å². The summed E-state index contributed by atoms with van der Waals surface area (Å²) in [5, 5.41) is 2.42. The Morgan fingerprint density at radius 3 is 2.47 bits per heavy atom. The molecule has 1 fully saturated rings. The molecule has 0 aliphatic carbocycles. The Labute approximate surface area is 202 Å². The summed E-state index contributed by atoms with van der Waals surface area (Å²) in [7, 11) is 2.19. The van der Waals surface area contributed by atoms with E-state index in [1.807, 2.05) is 0 Å². The van der Waals surface area contributed by atoms with Gasteiger partial charge in [0.25, 0.3) is 0 Å². The quantitative estimate of drug-likeness (QED) is 0.326. The molecule has 0 saturated carbocycles. The molecule has 1 N–H and O–H groups in total. The summed E-state index contributed by atoms with van der Waals surface area (Å²) in [6, 6.07) is 19.5. The van der Waals surface area contributed by atoms with Gasteiger partial charge in [0, 0.05) is 54.7 Å². The highest BCUT2D eigenvalue weighted by Crippen LogP contribution is 2.30. The number of fused-ring (bicyclic) bond motifs is 3. The van der Waals surface area contributed by atoms with E-state index in [2.05, 4.69) is 83.4 Å². The van der Waals surface area contributed by atoms with Crippen LogP contribution in [0.4, 0.5) is 0 Å². The minimum atomic E-state index is 0.734. The smallest absolute Gasteiger partial charge is 0.138 e. The Kier molecular flexibility index (Phi) is 7.12. The summed E-state index contributed by atoms with van der Waals surface area (Å²) in [5.41, 5.74) is 5.72. The number of nitrogens with zero attached hydrogens (tertiary/aromatic N) is 3. The van der Waals surface area contributed by atoms with Crippen LogP contribution in [0.15, 0.2) is 54.6 Å². The lowest BCUT2D eigenvalue weighted by Gasteiger charge is -2.32. The first-order valence-corrected chi connectivity index (χ1v) is 12.7. The van der Waals surface area contributed by atoms with Gasteiger partial charge in [-0.3, -0.25) is 4.90 Å². The lowest BCUT2D eigenvalue weighted by atomic mass is 10.0. The zero-order chi connectivity index (χ0) is 23.3. The molecule has 0 radical (unpaired) electrons. The molecule has 5 rings (SSSR count). The Morgan fingerprint density at radius 2 is 1.68 bits per heavy atom. The minimum absolute atomic E-state index is 0.734. The average molecular weight is 457 g/mol. The number of aryl methyl sites for hydroxylation is 1. The molecule has 0 bridgehead atoms. The topological polar surface area (TPSA) is 44.4 Å². The van der Waals surface area contributed by atoms with Gasteiger partial charge in [-0.15, -0.1) is 0 Å². The maximum absolute atomic E-state index is 6.02. The zero-order valence-corrected chi connectivity index (χ0v) is 20.5. The van der Waals surface area contributed by atoms with Crippen molar-refractivity contribution in [2.45, 2.75) is 32.6 Å².